The summed E-state index contributed by atoms with van der Waals surface area (Å²) in [5, 5.41) is 29.9. The summed E-state index contributed by atoms with van der Waals surface area (Å²) < 4.78 is 0. The van der Waals surface area contributed by atoms with Crippen molar-refractivity contribution in [3.63, 3.8) is 0 Å². The van der Waals surface area contributed by atoms with E-state index in [-0.39, 0.29) is 40.7 Å². The Morgan fingerprint density at radius 2 is 1.67 bits per heavy atom. The first-order chi connectivity index (χ1) is 17.2. The van der Waals surface area contributed by atoms with Crippen molar-refractivity contribution in [1.82, 2.24) is 16.0 Å². The molecule has 0 saturated carbocycles. The van der Waals surface area contributed by atoms with E-state index < -0.39 is 23.9 Å². The van der Waals surface area contributed by atoms with E-state index in [4.69, 9.17) is 11.6 Å². The van der Waals surface area contributed by atoms with Crippen LogP contribution in [-0.4, -0.2) is 40.6 Å². The average molecular weight is 509 g/mol. The number of phenols is 1. The van der Waals surface area contributed by atoms with Gasteiger partial charge in [0.2, 0.25) is 0 Å². The minimum Gasteiger partial charge on any atom is -0.511 e. The number of carbonyl (C=O) groups is 3. The van der Waals surface area contributed by atoms with Gasteiger partial charge in [-0.05, 0) is 48.0 Å². The second-order valence-electron chi connectivity index (χ2n) is 7.77. The van der Waals surface area contributed by atoms with E-state index in [0.717, 1.165) is 0 Å². The largest absolute Gasteiger partial charge is 0.511 e. The van der Waals surface area contributed by atoms with Gasteiger partial charge in [0.05, 0.1) is 10.6 Å². The van der Waals surface area contributed by atoms with Gasteiger partial charge in [0.15, 0.2) is 0 Å². The monoisotopic (exact) mass is 508 g/mol. The van der Waals surface area contributed by atoms with Crippen LogP contribution in [0.5, 0.6) is 5.75 Å². The maximum Gasteiger partial charge on any atom is 0.319 e. The molecule has 186 valence electrons. The number of amides is 4. The lowest BCUT2D eigenvalue weighted by Crippen LogP contribution is -2.45. The second kappa shape index (κ2) is 12.3. The lowest BCUT2D eigenvalue weighted by atomic mass is 10.1. The minimum atomic E-state index is -0.986. The van der Waals surface area contributed by atoms with Gasteiger partial charge in [-0.25, -0.2) is 4.79 Å². The second-order valence-corrected chi connectivity index (χ2v) is 8.17. The van der Waals surface area contributed by atoms with E-state index in [1.165, 1.54) is 30.3 Å². The molecule has 1 atom stereocenters. The number of phenolic OH excluding ortho intramolecular Hbond substituents is 1. The Morgan fingerprint density at radius 3 is 2.33 bits per heavy atom. The van der Waals surface area contributed by atoms with Crippen LogP contribution >= 0.6 is 11.6 Å². The molecule has 0 aromatic heterocycles. The predicted octanol–water partition coefficient (Wildman–Crippen LogP) is 3.97. The Labute approximate surface area is 212 Å². The van der Waals surface area contributed by atoms with E-state index in [1.54, 1.807) is 36.4 Å². The van der Waals surface area contributed by atoms with E-state index >= 15 is 0 Å². The standard InChI is InChI=1S/C26H25ClN4O5/c1-16(32)23(15-29-26(36)30-19-7-3-2-4-8-19)31-25(35)21-11-10-18(13-22(21)27)24(34)28-14-17-6-5-9-20(33)12-17/h2-13,23,32-33H,1,14-15H2,(H,28,34)(H,31,35)(H2,29,30,36)/t23-/m0/s1. The number of aromatic hydroxyl groups is 1. The van der Waals surface area contributed by atoms with Gasteiger partial charge < -0.3 is 31.5 Å². The van der Waals surface area contributed by atoms with Crippen LogP contribution in [0.15, 0.2) is 85.1 Å². The van der Waals surface area contributed by atoms with Gasteiger partial charge in [-0.3, -0.25) is 9.59 Å². The zero-order chi connectivity index (χ0) is 26.1. The number of para-hydroxylation sites is 1. The first-order valence-electron chi connectivity index (χ1n) is 10.9. The Balaban J connectivity index is 1.57. The molecule has 0 aliphatic carbocycles. The molecule has 6 N–H and O–H groups in total. The lowest BCUT2D eigenvalue weighted by Gasteiger charge is -2.19. The molecule has 3 aromatic carbocycles. The van der Waals surface area contributed by atoms with Crippen LogP contribution in [0.25, 0.3) is 0 Å². The smallest absolute Gasteiger partial charge is 0.319 e. The van der Waals surface area contributed by atoms with Crippen LogP contribution in [0.4, 0.5) is 10.5 Å². The highest BCUT2D eigenvalue weighted by Gasteiger charge is 2.20. The molecule has 0 heterocycles. The Kier molecular flexibility index (Phi) is 8.90. The third kappa shape index (κ3) is 7.51. The molecular weight excluding hydrogens is 484 g/mol. The first-order valence-corrected chi connectivity index (χ1v) is 11.2. The van der Waals surface area contributed by atoms with E-state index in [1.807, 2.05) is 6.07 Å². The fourth-order valence-electron chi connectivity index (χ4n) is 3.17. The number of anilines is 1. The van der Waals surface area contributed by atoms with Crippen molar-refractivity contribution in [2.24, 2.45) is 0 Å². The Hall–Kier alpha value is -4.50. The molecule has 0 unspecified atom stereocenters. The SMILES string of the molecule is C=C(O)[C@H](CNC(=O)Nc1ccccc1)NC(=O)c1ccc(C(=O)NCc2cccc(O)c2)cc1Cl. The molecule has 4 amide bonds. The summed E-state index contributed by atoms with van der Waals surface area (Å²) in [6.07, 6.45) is 0. The summed E-state index contributed by atoms with van der Waals surface area (Å²) in [5.74, 6) is -1.31. The van der Waals surface area contributed by atoms with Crippen molar-refractivity contribution in [2.45, 2.75) is 12.6 Å². The molecule has 0 bridgehead atoms. The van der Waals surface area contributed by atoms with Gasteiger partial charge in [-0.1, -0.05) is 48.5 Å². The van der Waals surface area contributed by atoms with E-state index in [9.17, 15) is 24.6 Å². The van der Waals surface area contributed by atoms with Crippen LogP contribution in [0.1, 0.15) is 26.3 Å². The van der Waals surface area contributed by atoms with Crippen LogP contribution in [-0.2, 0) is 6.54 Å². The average Bonchev–Trinajstić information content (AvgIpc) is 2.85. The topological polar surface area (TPSA) is 140 Å². The van der Waals surface area contributed by atoms with Gasteiger partial charge in [-0.15, -0.1) is 0 Å². The molecule has 0 spiro atoms. The first kappa shape index (κ1) is 26.1. The molecule has 0 saturated heterocycles. The molecule has 0 fully saturated rings. The third-order valence-electron chi connectivity index (χ3n) is 5.05. The fraction of sp³-hybridized carbons (Fsp3) is 0.115. The van der Waals surface area contributed by atoms with Crippen molar-refractivity contribution >= 4 is 35.1 Å². The highest BCUT2D eigenvalue weighted by atomic mass is 35.5. The predicted molar refractivity (Wildman–Crippen MR) is 137 cm³/mol. The van der Waals surface area contributed by atoms with Gasteiger partial charge in [-0.2, -0.15) is 0 Å². The molecule has 10 heteroatoms. The summed E-state index contributed by atoms with van der Waals surface area (Å²) >= 11 is 6.25. The Morgan fingerprint density at radius 1 is 0.917 bits per heavy atom. The van der Waals surface area contributed by atoms with Crippen molar-refractivity contribution in [2.75, 3.05) is 11.9 Å². The molecule has 0 aliphatic rings. The van der Waals surface area contributed by atoms with Crippen molar-refractivity contribution < 1.29 is 24.6 Å². The molecule has 9 nitrogen and oxygen atoms in total. The van der Waals surface area contributed by atoms with Crippen LogP contribution < -0.4 is 21.3 Å². The molecule has 3 aromatic rings. The fourth-order valence-corrected chi connectivity index (χ4v) is 3.44. The summed E-state index contributed by atoms with van der Waals surface area (Å²) in [6.45, 7) is 3.50. The third-order valence-corrected chi connectivity index (χ3v) is 5.36. The van der Waals surface area contributed by atoms with Crippen molar-refractivity contribution in [3.8, 4) is 5.75 Å². The number of aliphatic hydroxyl groups excluding tert-OH is 1. The lowest BCUT2D eigenvalue weighted by molar-refractivity contribution is 0.0928. The molecule has 0 aliphatic heterocycles. The summed E-state index contributed by atoms with van der Waals surface area (Å²) in [7, 11) is 0. The van der Waals surface area contributed by atoms with Crippen molar-refractivity contribution in [1.29, 1.82) is 0 Å². The molecular formula is C26H25ClN4O5. The number of benzene rings is 3. The Bertz CT molecular complexity index is 1270. The number of urea groups is 1. The number of aliphatic hydroxyl groups is 1. The zero-order valence-corrected chi connectivity index (χ0v) is 19.9. The number of hydrogen-bond donors (Lipinski definition) is 6. The molecule has 3 rings (SSSR count). The number of nitrogens with one attached hydrogen (secondary N) is 4. The van der Waals surface area contributed by atoms with Gasteiger partial charge in [0, 0.05) is 24.3 Å². The van der Waals surface area contributed by atoms with Gasteiger partial charge in [0.25, 0.3) is 11.8 Å². The van der Waals surface area contributed by atoms with Crippen LogP contribution in [0.3, 0.4) is 0 Å². The van der Waals surface area contributed by atoms with Crippen LogP contribution in [0, 0.1) is 0 Å². The van der Waals surface area contributed by atoms with Gasteiger partial charge >= 0.3 is 6.03 Å². The highest BCUT2D eigenvalue weighted by molar-refractivity contribution is 6.34. The summed E-state index contributed by atoms with van der Waals surface area (Å²) in [6, 6.07) is 17.9. The maximum absolute atomic E-state index is 12.7. The number of rotatable bonds is 9. The molecule has 36 heavy (non-hydrogen) atoms. The normalized spacial score (nSPS) is 11.1. The van der Waals surface area contributed by atoms with Crippen molar-refractivity contribution in [3.05, 3.63) is 107 Å². The number of halogens is 1. The maximum atomic E-state index is 12.7. The zero-order valence-electron chi connectivity index (χ0n) is 19.1. The molecule has 0 radical (unpaired) electrons. The van der Waals surface area contributed by atoms with E-state index in [0.29, 0.717) is 11.3 Å². The van der Waals surface area contributed by atoms with E-state index in [2.05, 4.69) is 27.8 Å². The van der Waals surface area contributed by atoms with Gasteiger partial charge in [0.1, 0.15) is 17.6 Å². The number of hydrogen-bond acceptors (Lipinski definition) is 5. The summed E-state index contributed by atoms with van der Waals surface area (Å²) in [4.78, 5) is 37.3. The minimum absolute atomic E-state index is 0.0228. The van der Waals surface area contributed by atoms with Crippen LogP contribution in [0.2, 0.25) is 5.02 Å². The summed E-state index contributed by atoms with van der Waals surface area (Å²) in [5.41, 5.74) is 1.60. The quantitative estimate of drug-likeness (QED) is 0.243. The highest BCUT2D eigenvalue weighted by Crippen LogP contribution is 2.19. The number of carbonyl (C=O) groups excluding carboxylic acids is 3.